The lowest BCUT2D eigenvalue weighted by Gasteiger charge is -2.26. The number of amides is 1. The molecule has 3 nitrogen and oxygen atoms in total. The van der Waals surface area contributed by atoms with Gasteiger partial charge < -0.3 is 10.6 Å². The minimum atomic E-state index is -0.484. The first-order chi connectivity index (χ1) is 9.49. The summed E-state index contributed by atoms with van der Waals surface area (Å²) in [6.45, 7) is 4.42. The first kappa shape index (κ1) is 15.0. The summed E-state index contributed by atoms with van der Waals surface area (Å²) in [6, 6.07) is 6.36. The summed E-state index contributed by atoms with van der Waals surface area (Å²) in [5, 5.41) is 0. The SMILES string of the molecule is CC(C)CC(N)C(=O)N(Cc1ccccc1F)C1CC1. The minimum Gasteiger partial charge on any atom is -0.334 e. The van der Waals surface area contributed by atoms with E-state index in [1.807, 2.05) is 13.8 Å². The molecule has 0 bridgehead atoms. The molecule has 1 aliphatic rings. The van der Waals surface area contributed by atoms with Gasteiger partial charge in [-0.15, -0.1) is 0 Å². The van der Waals surface area contributed by atoms with Crippen LogP contribution in [0.1, 0.15) is 38.7 Å². The molecule has 0 radical (unpaired) electrons. The molecule has 2 N–H and O–H groups in total. The highest BCUT2D eigenvalue weighted by molar-refractivity contribution is 5.82. The molecule has 110 valence electrons. The van der Waals surface area contributed by atoms with Crippen molar-refractivity contribution < 1.29 is 9.18 Å². The lowest BCUT2D eigenvalue weighted by molar-refractivity contribution is -0.134. The molecule has 1 atom stereocenters. The van der Waals surface area contributed by atoms with Gasteiger partial charge in [0.15, 0.2) is 0 Å². The number of halogens is 1. The van der Waals surface area contributed by atoms with E-state index in [1.165, 1.54) is 6.07 Å². The maximum Gasteiger partial charge on any atom is 0.240 e. The van der Waals surface area contributed by atoms with E-state index < -0.39 is 6.04 Å². The van der Waals surface area contributed by atoms with Crippen molar-refractivity contribution in [2.75, 3.05) is 0 Å². The molecule has 20 heavy (non-hydrogen) atoms. The second kappa shape index (κ2) is 6.35. The van der Waals surface area contributed by atoms with Crippen LogP contribution in [0.5, 0.6) is 0 Å². The van der Waals surface area contributed by atoms with Gasteiger partial charge in [0.2, 0.25) is 5.91 Å². The number of carbonyl (C=O) groups is 1. The van der Waals surface area contributed by atoms with Crippen molar-refractivity contribution in [3.63, 3.8) is 0 Å². The zero-order valence-electron chi connectivity index (χ0n) is 12.2. The van der Waals surface area contributed by atoms with Crippen molar-refractivity contribution in [1.29, 1.82) is 0 Å². The zero-order valence-corrected chi connectivity index (χ0v) is 12.2. The molecular formula is C16H23FN2O. The molecule has 0 heterocycles. The molecule has 1 unspecified atom stereocenters. The zero-order chi connectivity index (χ0) is 14.7. The van der Waals surface area contributed by atoms with Crippen LogP contribution in [0.25, 0.3) is 0 Å². The fourth-order valence-electron chi connectivity index (χ4n) is 2.40. The van der Waals surface area contributed by atoms with Gasteiger partial charge in [0.25, 0.3) is 0 Å². The van der Waals surface area contributed by atoms with Gasteiger partial charge in [-0.2, -0.15) is 0 Å². The van der Waals surface area contributed by atoms with Gasteiger partial charge >= 0.3 is 0 Å². The minimum absolute atomic E-state index is 0.0514. The number of nitrogens with two attached hydrogens (primary N) is 1. The largest absolute Gasteiger partial charge is 0.334 e. The van der Waals surface area contributed by atoms with E-state index in [0.29, 0.717) is 24.4 Å². The summed E-state index contributed by atoms with van der Waals surface area (Å²) in [5.41, 5.74) is 6.55. The maximum atomic E-state index is 13.7. The van der Waals surface area contributed by atoms with E-state index in [4.69, 9.17) is 5.73 Å². The average molecular weight is 278 g/mol. The Kier molecular flexibility index (Phi) is 4.76. The highest BCUT2D eigenvalue weighted by atomic mass is 19.1. The topological polar surface area (TPSA) is 46.3 Å². The fraction of sp³-hybridized carbons (Fsp3) is 0.562. The summed E-state index contributed by atoms with van der Waals surface area (Å²) in [5.74, 6) is 0.0660. The lowest BCUT2D eigenvalue weighted by atomic mass is 10.0. The van der Waals surface area contributed by atoms with Crippen molar-refractivity contribution in [1.82, 2.24) is 4.90 Å². The number of benzene rings is 1. The van der Waals surface area contributed by atoms with Crippen molar-refractivity contribution in [3.05, 3.63) is 35.6 Å². The van der Waals surface area contributed by atoms with Gasteiger partial charge in [-0.1, -0.05) is 32.0 Å². The second-order valence-corrected chi connectivity index (χ2v) is 6.02. The Balaban J connectivity index is 2.08. The Morgan fingerprint density at radius 1 is 1.40 bits per heavy atom. The van der Waals surface area contributed by atoms with E-state index in [1.54, 1.807) is 23.1 Å². The molecule has 1 fully saturated rings. The molecule has 1 saturated carbocycles. The monoisotopic (exact) mass is 278 g/mol. The Bertz CT molecular complexity index is 471. The summed E-state index contributed by atoms with van der Waals surface area (Å²) in [6.07, 6.45) is 2.66. The summed E-state index contributed by atoms with van der Waals surface area (Å²) >= 11 is 0. The highest BCUT2D eigenvalue weighted by Crippen LogP contribution is 2.29. The maximum absolute atomic E-state index is 13.7. The lowest BCUT2D eigenvalue weighted by Crippen LogP contribution is -2.45. The van der Waals surface area contributed by atoms with E-state index in [9.17, 15) is 9.18 Å². The Hall–Kier alpha value is -1.42. The van der Waals surface area contributed by atoms with E-state index in [-0.39, 0.29) is 17.8 Å². The van der Waals surface area contributed by atoms with Gasteiger partial charge in [-0.3, -0.25) is 4.79 Å². The van der Waals surface area contributed by atoms with E-state index >= 15 is 0 Å². The summed E-state index contributed by atoms with van der Waals surface area (Å²) in [7, 11) is 0. The Morgan fingerprint density at radius 2 is 2.05 bits per heavy atom. The molecule has 1 amide bonds. The van der Waals surface area contributed by atoms with Crippen LogP contribution in [0.2, 0.25) is 0 Å². The third kappa shape index (κ3) is 3.79. The fourth-order valence-corrected chi connectivity index (χ4v) is 2.40. The van der Waals surface area contributed by atoms with Crippen LogP contribution in [0.15, 0.2) is 24.3 Å². The van der Waals surface area contributed by atoms with Crippen molar-refractivity contribution in [3.8, 4) is 0 Å². The van der Waals surface area contributed by atoms with Crippen LogP contribution in [0.3, 0.4) is 0 Å². The van der Waals surface area contributed by atoms with Crippen LogP contribution in [0, 0.1) is 11.7 Å². The molecular weight excluding hydrogens is 255 g/mol. The molecule has 1 aromatic rings. The van der Waals surface area contributed by atoms with Crippen molar-refractivity contribution in [2.24, 2.45) is 11.7 Å². The number of hydrogen-bond donors (Lipinski definition) is 1. The summed E-state index contributed by atoms with van der Waals surface area (Å²) < 4.78 is 13.7. The standard InChI is InChI=1S/C16H23FN2O/c1-11(2)9-15(18)16(20)19(13-7-8-13)10-12-5-3-4-6-14(12)17/h3-6,11,13,15H,7-10,18H2,1-2H3. The predicted octanol–water partition coefficient (Wildman–Crippen LogP) is 2.69. The van der Waals surface area contributed by atoms with E-state index in [2.05, 4.69) is 0 Å². The van der Waals surface area contributed by atoms with Crippen molar-refractivity contribution in [2.45, 2.75) is 51.7 Å². The van der Waals surface area contributed by atoms with Crippen LogP contribution in [-0.2, 0) is 11.3 Å². The number of nitrogens with zero attached hydrogens (tertiary/aromatic N) is 1. The van der Waals surface area contributed by atoms with Crippen LogP contribution in [-0.4, -0.2) is 22.9 Å². The van der Waals surface area contributed by atoms with Crippen LogP contribution >= 0.6 is 0 Å². The molecule has 2 rings (SSSR count). The highest BCUT2D eigenvalue weighted by Gasteiger charge is 2.35. The molecule has 1 aromatic carbocycles. The smallest absolute Gasteiger partial charge is 0.240 e. The first-order valence-corrected chi connectivity index (χ1v) is 7.28. The first-order valence-electron chi connectivity index (χ1n) is 7.28. The quantitative estimate of drug-likeness (QED) is 0.869. The molecule has 4 heteroatoms. The van der Waals surface area contributed by atoms with Crippen LogP contribution < -0.4 is 5.73 Å². The number of rotatable bonds is 6. The number of carbonyl (C=O) groups excluding carboxylic acids is 1. The predicted molar refractivity (Wildman–Crippen MR) is 77.4 cm³/mol. The third-order valence-corrected chi connectivity index (χ3v) is 3.61. The van der Waals surface area contributed by atoms with Gasteiger partial charge in [-0.25, -0.2) is 4.39 Å². The van der Waals surface area contributed by atoms with Gasteiger partial charge in [-0.05, 0) is 31.2 Å². The third-order valence-electron chi connectivity index (χ3n) is 3.61. The van der Waals surface area contributed by atoms with Gasteiger partial charge in [0.1, 0.15) is 5.82 Å². The summed E-state index contributed by atoms with van der Waals surface area (Å²) in [4.78, 5) is 14.2. The average Bonchev–Trinajstić information content (AvgIpc) is 3.20. The molecule has 0 aliphatic heterocycles. The number of hydrogen-bond acceptors (Lipinski definition) is 2. The van der Waals surface area contributed by atoms with Crippen molar-refractivity contribution >= 4 is 5.91 Å². The second-order valence-electron chi connectivity index (χ2n) is 6.02. The Labute approximate surface area is 120 Å². The Morgan fingerprint density at radius 3 is 2.60 bits per heavy atom. The molecule has 0 saturated heterocycles. The molecule has 0 spiro atoms. The normalized spacial score (nSPS) is 16.2. The van der Waals surface area contributed by atoms with Crippen LogP contribution in [0.4, 0.5) is 4.39 Å². The molecule has 1 aliphatic carbocycles. The molecule has 0 aromatic heterocycles. The van der Waals surface area contributed by atoms with Gasteiger partial charge in [0, 0.05) is 18.2 Å². The van der Waals surface area contributed by atoms with E-state index in [0.717, 1.165) is 12.8 Å². The van der Waals surface area contributed by atoms with Gasteiger partial charge in [0.05, 0.1) is 6.04 Å².